The van der Waals surface area contributed by atoms with Crippen molar-refractivity contribution >= 4 is 36.4 Å². The van der Waals surface area contributed by atoms with E-state index in [2.05, 4.69) is 29.4 Å². The minimum atomic E-state index is -0.531. The van der Waals surface area contributed by atoms with Gasteiger partial charge in [0, 0.05) is 18.3 Å². The molecule has 1 N–H and O–H groups in total. The number of hydrogen-bond donors (Lipinski definition) is 1. The van der Waals surface area contributed by atoms with Crippen molar-refractivity contribution < 1.29 is 14.0 Å². The first kappa shape index (κ1) is 24.9. The van der Waals surface area contributed by atoms with Crippen LogP contribution in [0.4, 0.5) is 0 Å². The molecule has 7 nitrogen and oxygen atoms in total. The maximum absolute atomic E-state index is 13.3. The lowest BCUT2D eigenvalue weighted by Crippen LogP contribution is -2.51. The van der Waals surface area contributed by atoms with Gasteiger partial charge in [-0.25, -0.2) is 0 Å². The first-order valence-electron chi connectivity index (χ1n) is 10.0. The minimum absolute atomic E-state index is 0. The number of thioether (sulfide) groups is 1. The van der Waals surface area contributed by atoms with E-state index in [4.69, 9.17) is 4.42 Å². The van der Waals surface area contributed by atoms with E-state index in [0.29, 0.717) is 5.22 Å². The molecule has 0 radical (unpaired) electrons. The summed E-state index contributed by atoms with van der Waals surface area (Å²) in [5.41, 5.74) is 0. The van der Waals surface area contributed by atoms with Gasteiger partial charge in [0.2, 0.25) is 12.2 Å². The van der Waals surface area contributed by atoms with Crippen molar-refractivity contribution in [1.82, 2.24) is 20.4 Å². The number of carbonyl (C=O) groups excluding carboxylic acids is 2. The summed E-state index contributed by atoms with van der Waals surface area (Å²) in [6.07, 6.45) is 7.82. The highest BCUT2D eigenvalue weighted by atomic mass is 35.5. The first-order valence-corrected chi connectivity index (χ1v) is 11.0. The van der Waals surface area contributed by atoms with E-state index < -0.39 is 6.04 Å². The van der Waals surface area contributed by atoms with E-state index in [1.54, 1.807) is 4.90 Å². The Kier molecular flexibility index (Phi) is 11.7. The smallest absolute Gasteiger partial charge is 0.286 e. The summed E-state index contributed by atoms with van der Waals surface area (Å²) < 4.78 is 5.61. The number of ketones is 1. The number of rotatable bonds is 12. The molecule has 0 saturated heterocycles. The Bertz CT molecular complexity index is 591. The highest BCUT2D eigenvalue weighted by Crippen LogP contribution is 2.29. The van der Waals surface area contributed by atoms with E-state index in [9.17, 15) is 9.59 Å². The maximum atomic E-state index is 13.3. The summed E-state index contributed by atoms with van der Waals surface area (Å²) in [4.78, 5) is 27.0. The Morgan fingerprint density at radius 3 is 2.54 bits per heavy atom. The summed E-state index contributed by atoms with van der Waals surface area (Å²) in [6.45, 7) is 4.93. The standard InChI is InChI=1S/C19H32N4O3S.ClH/c1-4-14(5-2)16(23(13-24)15-9-7-6-8-10-15)17(25)18-21-22-19(26-18)27-12-11-20-3;/h13-16,20H,4-12H2,1-3H3;1H. The van der Waals surface area contributed by atoms with Crippen LogP contribution in [0.15, 0.2) is 9.64 Å². The Labute approximate surface area is 178 Å². The molecule has 1 saturated carbocycles. The minimum Gasteiger partial charge on any atom is -0.408 e. The fraction of sp³-hybridized carbons (Fsp3) is 0.789. The average molecular weight is 433 g/mol. The number of aromatic nitrogens is 2. The van der Waals surface area contributed by atoms with Gasteiger partial charge in [-0.05, 0) is 25.8 Å². The van der Waals surface area contributed by atoms with Gasteiger partial charge in [0.05, 0.1) is 0 Å². The summed E-state index contributed by atoms with van der Waals surface area (Å²) in [5, 5.41) is 11.4. The molecular formula is C19H33ClN4O3S. The van der Waals surface area contributed by atoms with Crippen LogP contribution in [0.1, 0.15) is 69.5 Å². The summed E-state index contributed by atoms with van der Waals surface area (Å²) >= 11 is 1.42. The number of amides is 1. The predicted octanol–water partition coefficient (Wildman–Crippen LogP) is 3.58. The van der Waals surface area contributed by atoms with Crippen molar-refractivity contribution in [2.75, 3.05) is 19.3 Å². The number of Topliss-reactive ketones (excluding diaryl/α,β-unsaturated/α-hetero) is 1. The molecule has 0 aliphatic heterocycles. The zero-order valence-corrected chi connectivity index (χ0v) is 18.7. The van der Waals surface area contributed by atoms with Gasteiger partial charge in [0.15, 0.2) is 0 Å². The molecule has 1 fully saturated rings. The second kappa shape index (κ2) is 13.2. The van der Waals surface area contributed by atoms with Gasteiger partial charge in [-0.15, -0.1) is 22.6 Å². The maximum Gasteiger partial charge on any atom is 0.286 e. The lowest BCUT2D eigenvalue weighted by atomic mass is 9.86. The van der Waals surface area contributed by atoms with Gasteiger partial charge in [-0.3, -0.25) is 9.59 Å². The molecule has 0 spiro atoms. The van der Waals surface area contributed by atoms with Crippen molar-refractivity contribution in [2.24, 2.45) is 5.92 Å². The third-order valence-corrected chi connectivity index (χ3v) is 6.22. The first-order chi connectivity index (χ1) is 13.2. The molecule has 28 heavy (non-hydrogen) atoms. The van der Waals surface area contributed by atoms with Crippen LogP contribution in [0.25, 0.3) is 0 Å². The molecule has 1 unspecified atom stereocenters. The second-order valence-electron chi connectivity index (χ2n) is 7.06. The number of nitrogens with zero attached hydrogens (tertiary/aromatic N) is 3. The molecule has 1 aliphatic carbocycles. The van der Waals surface area contributed by atoms with Crippen LogP contribution in [-0.4, -0.2) is 58.7 Å². The van der Waals surface area contributed by atoms with Crippen LogP contribution in [0.5, 0.6) is 0 Å². The van der Waals surface area contributed by atoms with Crippen molar-refractivity contribution in [2.45, 2.75) is 76.1 Å². The van der Waals surface area contributed by atoms with Crippen LogP contribution < -0.4 is 5.32 Å². The predicted molar refractivity (Wildman–Crippen MR) is 113 cm³/mol. The van der Waals surface area contributed by atoms with Crippen LogP contribution in [0.3, 0.4) is 0 Å². The Hall–Kier alpha value is -1.12. The third-order valence-electron chi connectivity index (χ3n) is 5.40. The Morgan fingerprint density at radius 2 is 1.96 bits per heavy atom. The molecule has 1 heterocycles. The summed E-state index contributed by atoms with van der Waals surface area (Å²) in [5.74, 6) is 0.651. The number of carbonyl (C=O) groups is 2. The fourth-order valence-electron chi connectivity index (χ4n) is 3.82. The third kappa shape index (κ3) is 6.46. The molecule has 1 aromatic rings. The lowest BCUT2D eigenvalue weighted by Gasteiger charge is -2.39. The molecule has 160 valence electrons. The van der Waals surface area contributed by atoms with E-state index in [1.165, 1.54) is 18.2 Å². The molecule has 9 heteroatoms. The van der Waals surface area contributed by atoms with Gasteiger partial charge in [0.1, 0.15) is 6.04 Å². The quantitative estimate of drug-likeness (QED) is 0.233. The van der Waals surface area contributed by atoms with E-state index in [0.717, 1.165) is 57.2 Å². The zero-order valence-electron chi connectivity index (χ0n) is 17.1. The average Bonchev–Trinajstić information content (AvgIpc) is 3.17. The van der Waals surface area contributed by atoms with Gasteiger partial charge in [0.25, 0.3) is 11.1 Å². The summed E-state index contributed by atoms with van der Waals surface area (Å²) in [6, 6.07) is -0.408. The normalized spacial score (nSPS) is 15.9. The molecule has 1 aromatic heterocycles. The number of halogens is 1. The molecular weight excluding hydrogens is 400 g/mol. The fourth-order valence-corrected chi connectivity index (χ4v) is 4.54. The Balaban J connectivity index is 0.00000392. The van der Waals surface area contributed by atoms with Crippen LogP contribution in [0.2, 0.25) is 0 Å². The number of hydrogen-bond acceptors (Lipinski definition) is 7. The van der Waals surface area contributed by atoms with Crippen molar-refractivity contribution in [3.8, 4) is 0 Å². The molecule has 2 rings (SSSR count). The molecule has 1 amide bonds. The SMILES string of the molecule is CCC(CC)C(C(=O)c1nnc(SCCNC)o1)N(C=O)C1CCCCC1.Cl. The van der Waals surface area contributed by atoms with E-state index in [1.807, 2.05) is 7.05 Å². The molecule has 1 aliphatic rings. The number of nitrogens with one attached hydrogen (secondary N) is 1. The van der Waals surface area contributed by atoms with Crippen molar-refractivity contribution in [3.63, 3.8) is 0 Å². The van der Waals surface area contributed by atoms with E-state index >= 15 is 0 Å². The van der Waals surface area contributed by atoms with Gasteiger partial charge in [-0.1, -0.05) is 57.7 Å². The van der Waals surface area contributed by atoms with Crippen LogP contribution in [0, 0.1) is 5.92 Å². The monoisotopic (exact) mass is 432 g/mol. The Morgan fingerprint density at radius 1 is 1.29 bits per heavy atom. The molecule has 1 atom stereocenters. The zero-order chi connectivity index (χ0) is 19.6. The van der Waals surface area contributed by atoms with Crippen molar-refractivity contribution in [3.05, 3.63) is 5.89 Å². The van der Waals surface area contributed by atoms with Crippen LogP contribution >= 0.6 is 24.2 Å². The van der Waals surface area contributed by atoms with Gasteiger partial charge >= 0.3 is 0 Å². The summed E-state index contributed by atoms with van der Waals surface area (Å²) in [7, 11) is 1.88. The van der Waals surface area contributed by atoms with Crippen molar-refractivity contribution in [1.29, 1.82) is 0 Å². The largest absolute Gasteiger partial charge is 0.408 e. The highest BCUT2D eigenvalue weighted by molar-refractivity contribution is 7.99. The lowest BCUT2D eigenvalue weighted by molar-refractivity contribution is -0.123. The van der Waals surface area contributed by atoms with Gasteiger partial charge < -0.3 is 14.6 Å². The topological polar surface area (TPSA) is 88.3 Å². The van der Waals surface area contributed by atoms with Crippen LogP contribution in [-0.2, 0) is 4.79 Å². The highest BCUT2D eigenvalue weighted by Gasteiger charge is 2.38. The molecule has 0 bridgehead atoms. The molecule has 0 aromatic carbocycles. The second-order valence-corrected chi connectivity index (χ2v) is 8.10. The van der Waals surface area contributed by atoms with Gasteiger partial charge in [-0.2, -0.15) is 0 Å². The van der Waals surface area contributed by atoms with E-state index in [-0.39, 0.29) is 36.0 Å².